The van der Waals surface area contributed by atoms with Crippen LogP contribution in [0.1, 0.15) is 47.5 Å². The minimum atomic E-state index is -3.46. The lowest BCUT2D eigenvalue weighted by Gasteiger charge is -2.31. The predicted molar refractivity (Wildman–Crippen MR) is 71.9 cm³/mol. The van der Waals surface area contributed by atoms with Crippen LogP contribution in [0.2, 0.25) is 0 Å². The van der Waals surface area contributed by atoms with Crippen molar-refractivity contribution in [1.29, 1.82) is 0 Å². The Labute approximate surface area is 106 Å². The molecule has 17 heavy (non-hydrogen) atoms. The van der Waals surface area contributed by atoms with Gasteiger partial charge in [0.1, 0.15) is 0 Å². The first kappa shape index (κ1) is 16.8. The third-order valence-electron chi connectivity index (χ3n) is 3.01. The molecule has 0 amide bonds. The molecule has 0 rings (SSSR count). The van der Waals surface area contributed by atoms with Crippen molar-refractivity contribution >= 4 is 10.2 Å². The molecule has 0 aliphatic carbocycles. The summed E-state index contributed by atoms with van der Waals surface area (Å²) in [6, 6.07) is 0. The van der Waals surface area contributed by atoms with Gasteiger partial charge in [-0.25, -0.2) is 4.72 Å². The van der Waals surface area contributed by atoms with Gasteiger partial charge in [0.2, 0.25) is 0 Å². The first-order chi connectivity index (χ1) is 7.60. The van der Waals surface area contributed by atoms with Crippen molar-refractivity contribution in [3.63, 3.8) is 0 Å². The standard InChI is InChI=1S/C11H27N3O2S/c1-6-11(7-2,8-12)9-13-17(15,16)14-10(3,4)5/h13-14H,6-9,12H2,1-5H3. The molecule has 5 nitrogen and oxygen atoms in total. The molecule has 104 valence electrons. The van der Waals surface area contributed by atoms with Gasteiger partial charge in [-0.05, 0) is 45.6 Å². The number of nitrogens with one attached hydrogen (secondary N) is 2. The smallest absolute Gasteiger partial charge is 0.277 e. The van der Waals surface area contributed by atoms with E-state index in [-0.39, 0.29) is 5.41 Å². The summed E-state index contributed by atoms with van der Waals surface area (Å²) in [7, 11) is -3.46. The van der Waals surface area contributed by atoms with Crippen molar-refractivity contribution in [3.05, 3.63) is 0 Å². The maximum atomic E-state index is 11.8. The molecular formula is C11H27N3O2S. The minimum Gasteiger partial charge on any atom is -0.330 e. The van der Waals surface area contributed by atoms with Crippen molar-refractivity contribution < 1.29 is 8.42 Å². The summed E-state index contributed by atoms with van der Waals surface area (Å²) >= 11 is 0. The van der Waals surface area contributed by atoms with E-state index >= 15 is 0 Å². The van der Waals surface area contributed by atoms with E-state index in [1.165, 1.54) is 0 Å². The normalized spacial score (nSPS) is 14.0. The summed E-state index contributed by atoms with van der Waals surface area (Å²) in [4.78, 5) is 0. The van der Waals surface area contributed by atoms with Gasteiger partial charge in [-0.2, -0.15) is 13.1 Å². The fourth-order valence-electron chi connectivity index (χ4n) is 1.55. The van der Waals surface area contributed by atoms with E-state index in [1.807, 2.05) is 34.6 Å². The fourth-order valence-corrected chi connectivity index (χ4v) is 2.92. The minimum absolute atomic E-state index is 0.146. The van der Waals surface area contributed by atoms with Gasteiger partial charge in [-0.15, -0.1) is 0 Å². The van der Waals surface area contributed by atoms with Crippen LogP contribution >= 0.6 is 0 Å². The van der Waals surface area contributed by atoms with Crippen molar-refractivity contribution in [2.75, 3.05) is 13.1 Å². The molecule has 0 bridgehead atoms. The molecule has 0 saturated heterocycles. The fraction of sp³-hybridized carbons (Fsp3) is 1.00. The maximum Gasteiger partial charge on any atom is 0.277 e. The molecule has 0 saturated carbocycles. The first-order valence-electron chi connectivity index (χ1n) is 6.08. The number of rotatable bonds is 7. The molecule has 0 heterocycles. The molecular weight excluding hydrogens is 238 g/mol. The molecule has 0 aromatic rings. The number of hydrogen-bond donors (Lipinski definition) is 3. The molecule has 0 unspecified atom stereocenters. The Balaban J connectivity index is 4.55. The lowest BCUT2D eigenvalue weighted by Crippen LogP contribution is -2.50. The Morgan fingerprint density at radius 3 is 1.88 bits per heavy atom. The maximum absolute atomic E-state index is 11.8. The molecule has 4 N–H and O–H groups in total. The van der Waals surface area contributed by atoms with Gasteiger partial charge >= 0.3 is 0 Å². The molecule has 0 aliphatic rings. The highest BCUT2D eigenvalue weighted by Gasteiger charge is 2.27. The SMILES string of the molecule is CCC(CC)(CN)CNS(=O)(=O)NC(C)(C)C. The average molecular weight is 265 g/mol. The number of hydrogen-bond acceptors (Lipinski definition) is 3. The molecule has 0 spiro atoms. The van der Waals surface area contributed by atoms with Crippen LogP contribution < -0.4 is 15.2 Å². The summed E-state index contributed by atoms with van der Waals surface area (Å²) in [6.07, 6.45) is 1.72. The van der Waals surface area contributed by atoms with E-state index in [2.05, 4.69) is 9.44 Å². The molecule has 0 atom stereocenters. The Bertz CT molecular complexity index is 308. The Morgan fingerprint density at radius 1 is 1.12 bits per heavy atom. The highest BCUT2D eigenvalue weighted by atomic mass is 32.2. The lowest BCUT2D eigenvalue weighted by atomic mass is 9.83. The van der Waals surface area contributed by atoms with Gasteiger partial charge in [0.15, 0.2) is 0 Å². The summed E-state index contributed by atoms with van der Waals surface area (Å²) < 4.78 is 28.7. The molecule has 6 heteroatoms. The van der Waals surface area contributed by atoms with Crippen molar-refractivity contribution in [3.8, 4) is 0 Å². The van der Waals surface area contributed by atoms with Gasteiger partial charge in [0, 0.05) is 12.1 Å². The predicted octanol–water partition coefficient (Wildman–Crippen LogP) is 0.974. The van der Waals surface area contributed by atoms with E-state index in [0.717, 1.165) is 12.8 Å². The molecule has 0 aromatic heterocycles. The quantitative estimate of drug-likeness (QED) is 0.641. The molecule has 0 fully saturated rings. The average Bonchev–Trinajstić information content (AvgIpc) is 2.17. The summed E-state index contributed by atoms with van der Waals surface area (Å²) in [5.41, 5.74) is 5.11. The Hall–Kier alpha value is -0.170. The number of nitrogens with two attached hydrogens (primary N) is 1. The molecule has 0 aromatic carbocycles. The van der Waals surface area contributed by atoms with Crippen LogP contribution in [0.4, 0.5) is 0 Å². The largest absolute Gasteiger partial charge is 0.330 e. The molecule has 0 radical (unpaired) electrons. The van der Waals surface area contributed by atoms with Crippen molar-refractivity contribution in [2.24, 2.45) is 11.1 Å². The lowest BCUT2D eigenvalue weighted by molar-refractivity contribution is 0.274. The van der Waals surface area contributed by atoms with Gasteiger partial charge in [-0.1, -0.05) is 13.8 Å². The Kier molecular flexibility index (Phi) is 6.07. The summed E-state index contributed by atoms with van der Waals surface area (Å²) in [5.74, 6) is 0. The van der Waals surface area contributed by atoms with Crippen LogP contribution in [-0.4, -0.2) is 27.0 Å². The zero-order valence-electron chi connectivity index (χ0n) is 11.6. The van der Waals surface area contributed by atoms with Crippen LogP contribution in [0.5, 0.6) is 0 Å². The first-order valence-corrected chi connectivity index (χ1v) is 7.56. The molecule has 0 aliphatic heterocycles. The van der Waals surface area contributed by atoms with Crippen molar-refractivity contribution in [1.82, 2.24) is 9.44 Å². The van der Waals surface area contributed by atoms with Crippen LogP contribution in [0.25, 0.3) is 0 Å². The second-order valence-corrected chi connectivity index (χ2v) is 7.09. The second kappa shape index (κ2) is 6.13. The van der Waals surface area contributed by atoms with Gasteiger partial charge in [0.05, 0.1) is 0 Å². The topological polar surface area (TPSA) is 84.2 Å². The Morgan fingerprint density at radius 2 is 1.59 bits per heavy atom. The highest BCUT2D eigenvalue weighted by molar-refractivity contribution is 7.87. The van der Waals surface area contributed by atoms with Crippen LogP contribution in [0.3, 0.4) is 0 Å². The van der Waals surface area contributed by atoms with Gasteiger partial charge in [-0.3, -0.25) is 0 Å². The monoisotopic (exact) mass is 265 g/mol. The van der Waals surface area contributed by atoms with E-state index in [0.29, 0.717) is 13.1 Å². The van der Waals surface area contributed by atoms with E-state index in [9.17, 15) is 8.42 Å². The highest BCUT2D eigenvalue weighted by Crippen LogP contribution is 2.23. The van der Waals surface area contributed by atoms with Crippen LogP contribution in [-0.2, 0) is 10.2 Å². The second-order valence-electron chi connectivity index (χ2n) is 5.59. The summed E-state index contributed by atoms with van der Waals surface area (Å²) in [6.45, 7) is 10.3. The van der Waals surface area contributed by atoms with Crippen molar-refractivity contribution in [2.45, 2.75) is 53.0 Å². The van der Waals surface area contributed by atoms with E-state index < -0.39 is 15.7 Å². The van der Waals surface area contributed by atoms with E-state index in [1.54, 1.807) is 0 Å². The zero-order valence-corrected chi connectivity index (χ0v) is 12.4. The van der Waals surface area contributed by atoms with E-state index in [4.69, 9.17) is 5.73 Å². The van der Waals surface area contributed by atoms with Crippen LogP contribution in [0.15, 0.2) is 0 Å². The summed E-state index contributed by atoms with van der Waals surface area (Å²) in [5, 5.41) is 0. The third kappa shape index (κ3) is 6.35. The zero-order chi connectivity index (χ0) is 13.7. The van der Waals surface area contributed by atoms with Gasteiger partial charge < -0.3 is 5.73 Å². The third-order valence-corrected chi connectivity index (χ3v) is 4.42. The van der Waals surface area contributed by atoms with Crippen LogP contribution in [0, 0.1) is 5.41 Å². The van der Waals surface area contributed by atoms with Gasteiger partial charge in [0.25, 0.3) is 10.2 Å².